The summed E-state index contributed by atoms with van der Waals surface area (Å²) in [6.45, 7) is 9.18. The molecular weight excluding hydrogens is 301 g/mol. The lowest BCUT2D eigenvalue weighted by atomic mass is 10.1. The average Bonchev–Trinajstić information content (AvgIpc) is 2.39. The van der Waals surface area contributed by atoms with Crippen LogP contribution in [0, 0.1) is 5.82 Å². The number of urea groups is 1. The van der Waals surface area contributed by atoms with Gasteiger partial charge in [-0.25, -0.2) is 9.18 Å². The Morgan fingerprint density at radius 3 is 2.52 bits per heavy atom. The van der Waals surface area contributed by atoms with E-state index in [1.165, 1.54) is 18.2 Å². The number of halogens is 1. The number of ether oxygens (including phenoxy) is 1. The number of anilines is 1. The molecule has 0 saturated heterocycles. The molecule has 3 amide bonds. The predicted octanol–water partition coefficient (Wildman–Crippen LogP) is 2.65. The van der Waals surface area contributed by atoms with Crippen molar-refractivity contribution in [2.24, 2.45) is 0 Å². The topological polar surface area (TPSA) is 79.5 Å². The molecule has 1 aromatic rings. The van der Waals surface area contributed by atoms with Crippen LogP contribution in [0.2, 0.25) is 0 Å². The fraction of sp³-hybridized carbons (Fsp3) is 0.500. The van der Waals surface area contributed by atoms with Crippen LogP contribution in [0.15, 0.2) is 18.2 Å². The highest BCUT2D eigenvalue weighted by molar-refractivity contribution is 5.98. The van der Waals surface area contributed by atoms with Crippen LogP contribution in [0.1, 0.15) is 34.6 Å². The lowest BCUT2D eigenvalue weighted by molar-refractivity contribution is -0.120. The van der Waals surface area contributed by atoms with Gasteiger partial charge in [0, 0.05) is 11.6 Å². The van der Waals surface area contributed by atoms with E-state index in [1.54, 1.807) is 13.8 Å². The smallest absolute Gasteiger partial charge is 0.321 e. The third-order valence-electron chi connectivity index (χ3n) is 2.73. The molecule has 0 bridgehead atoms. The number of amides is 3. The second-order valence-corrected chi connectivity index (χ2v) is 6.13. The summed E-state index contributed by atoms with van der Waals surface area (Å²) in [6, 6.07) is 2.72. The Morgan fingerprint density at radius 2 is 1.96 bits per heavy atom. The van der Waals surface area contributed by atoms with E-state index < -0.39 is 29.3 Å². The monoisotopic (exact) mass is 325 g/mol. The van der Waals surface area contributed by atoms with E-state index in [0.717, 1.165) is 0 Å². The van der Waals surface area contributed by atoms with Gasteiger partial charge in [0.05, 0.1) is 12.3 Å². The molecule has 1 aromatic carbocycles. The number of carbonyl (C=O) groups excluding carboxylic acids is 2. The predicted molar refractivity (Wildman–Crippen MR) is 87.1 cm³/mol. The molecule has 128 valence electrons. The second kappa shape index (κ2) is 7.80. The van der Waals surface area contributed by atoms with Crippen LogP contribution in [-0.4, -0.2) is 30.1 Å². The molecule has 0 aromatic heterocycles. The molecule has 0 aliphatic carbocycles. The first-order valence-electron chi connectivity index (χ1n) is 7.44. The van der Waals surface area contributed by atoms with Gasteiger partial charge in [0.1, 0.15) is 17.6 Å². The van der Waals surface area contributed by atoms with Crippen LogP contribution in [0.25, 0.3) is 0 Å². The van der Waals surface area contributed by atoms with Crippen molar-refractivity contribution in [3.63, 3.8) is 0 Å². The molecule has 0 spiro atoms. The van der Waals surface area contributed by atoms with E-state index in [9.17, 15) is 14.0 Å². The Labute approximate surface area is 135 Å². The molecule has 7 heteroatoms. The molecule has 1 unspecified atom stereocenters. The minimum atomic E-state index is -0.703. The third-order valence-corrected chi connectivity index (χ3v) is 2.73. The third kappa shape index (κ3) is 6.54. The van der Waals surface area contributed by atoms with Crippen molar-refractivity contribution in [2.75, 3.05) is 11.9 Å². The molecule has 3 N–H and O–H groups in total. The van der Waals surface area contributed by atoms with E-state index in [1.807, 2.05) is 20.8 Å². The summed E-state index contributed by atoms with van der Waals surface area (Å²) in [5.74, 6) is -0.620. The minimum absolute atomic E-state index is 0.311. The van der Waals surface area contributed by atoms with Gasteiger partial charge in [0.15, 0.2) is 0 Å². The highest BCUT2D eigenvalue weighted by atomic mass is 19.1. The summed E-state index contributed by atoms with van der Waals surface area (Å²) < 4.78 is 18.6. The van der Waals surface area contributed by atoms with Crippen molar-refractivity contribution in [3.8, 4) is 5.75 Å². The highest BCUT2D eigenvalue weighted by Gasteiger charge is 2.20. The Kier molecular flexibility index (Phi) is 6.36. The number of hydrogen-bond donors (Lipinski definition) is 3. The van der Waals surface area contributed by atoms with Gasteiger partial charge in [-0.05, 0) is 46.8 Å². The molecule has 0 radical (unpaired) electrons. The zero-order chi connectivity index (χ0) is 17.6. The number of hydrogen-bond acceptors (Lipinski definition) is 4. The van der Waals surface area contributed by atoms with Crippen molar-refractivity contribution in [1.29, 1.82) is 0 Å². The summed E-state index contributed by atoms with van der Waals surface area (Å²) in [7, 11) is 0. The van der Waals surface area contributed by atoms with E-state index in [4.69, 9.17) is 4.74 Å². The molecule has 1 rings (SSSR count). The lowest BCUT2D eigenvalue weighted by Gasteiger charge is -2.22. The largest absolute Gasteiger partial charge is 0.492 e. The number of nitrogens with one attached hydrogen (secondary N) is 3. The quantitative estimate of drug-likeness (QED) is 0.777. The maximum Gasteiger partial charge on any atom is 0.321 e. The van der Waals surface area contributed by atoms with E-state index >= 15 is 0 Å². The van der Waals surface area contributed by atoms with Crippen LogP contribution in [0.3, 0.4) is 0 Å². The van der Waals surface area contributed by atoms with Crippen LogP contribution < -0.4 is 20.7 Å². The molecular formula is C16H24FN3O3. The van der Waals surface area contributed by atoms with Crippen molar-refractivity contribution < 1.29 is 18.7 Å². The first-order valence-corrected chi connectivity index (χ1v) is 7.44. The highest BCUT2D eigenvalue weighted by Crippen LogP contribution is 2.26. The van der Waals surface area contributed by atoms with Gasteiger partial charge in [-0.3, -0.25) is 10.1 Å². The number of carbonyl (C=O) groups is 2. The number of benzene rings is 1. The lowest BCUT2D eigenvalue weighted by Crippen LogP contribution is -2.51. The maximum absolute atomic E-state index is 13.3. The second-order valence-electron chi connectivity index (χ2n) is 6.13. The van der Waals surface area contributed by atoms with Gasteiger partial charge >= 0.3 is 6.03 Å². The molecule has 0 saturated carbocycles. The standard InChI is InChI=1S/C16H24FN3O3/c1-6-23-13-9-11(17)7-8-12(13)18-10(2)14(21)19-15(22)20-16(3,4)5/h7-10,18H,6H2,1-5H3,(H2,19,20,21,22). The van der Waals surface area contributed by atoms with Crippen LogP contribution in [0.4, 0.5) is 14.9 Å². The number of rotatable bonds is 5. The van der Waals surface area contributed by atoms with E-state index in [2.05, 4.69) is 16.0 Å². The van der Waals surface area contributed by atoms with E-state index in [0.29, 0.717) is 18.0 Å². The van der Waals surface area contributed by atoms with Gasteiger partial charge in [0.25, 0.3) is 0 Å². The SMILES string of the molecule is CCOc1cc(F)ccc1NC(C)C(=O)NC(=O)NC(C)(C)C. The zero-order valence-corrected chi connectivity index (χ0v) is 14.1. The molecule has 6 nitrogen and oxygen atoms in total. The summed E-state index contributed by atoms with van der Waals surface area (Å²) in [6.07, 6.45) is 0. The van der Waals surface area contributed by atoms with Crippen molar-refractivity contribution >= 4 is 17.6 Å². The molecule has 1 atom stereocenters. The van der Waals surface area contributed by atoms with E-state index in [-0.39, 0.29) is 0 Å². The summed E-state index contributed by atoms with van der Waals surface area (Å²) in [5, 5.41) is 7.79. The van der Waals surface area contributed by atoms with Crippen molar-refractivity contribution in [2.45, 2.75) is 46.2 Å². The maximum atomic E-state index is 13.3. The molecule has 23 heavy (non-hydrogen) atoms. The van der Waals surface area contributed by atoms with Gasteiger partial charge < -0.3 is 15.4 Å². The van der Waals surface area contributed by atoms with Gasteiger partial charge in [-0.2, -0.15) is 0 Å². The van der Waals surface area contributed by atoms with Crippen molar-refractivity contribution in [1.82, 2.24) is 10.6 Å². The van der Waals surface area contributed by atoms with Crippen LogP contribution >= 0.6 is 0 Å². The normalized spacial score (nSPS) is 12.3. The summed E-state index contributed by atoms with van der Waals surface area (Å²) in [5.41, 5.74) is 0.0345. The molecule has 0 aliphatic heterocycles. The van der Waals surface area contributed by atoms with Gasteiger partial charge in [-0.15, -0.1) is 0 Å². The first kappa shape index (κ1) is 18.7. The van der Waals surface area contributed by atoms with Gasteiger partial charge in [0.2, 0.25) is 5.91 Å². The minimum Gasteiger partial charge on any atom is -0.492 e. The molecule has 0 aliphatic rings. The Balaban J connectivity index is 2.70. The fourth-order valence-electron chi connectivity index (χ4n) is 1.78. The van der Waals surface area contributed by atoms with Gasteiger partial charge in [-0.1, -0.05) is 0 Å². The summed E-state index contributed by atoms with van der Waals surface area (Å²) >= 11 is 0. The van der Waals surface area contributed by atoms with Crippen LogP contribution in [-0.2, 0) is 4.79 Å². The average molecular weight is 325 g/mol. The Morgan fingerprint density at radius 1 is 1.30 bits per heavy atom. The summed E-state index contributed by atoms with van der Waals surface area (Å²) in [4.78, 5) is 23.7. The Hall–Kier alpha value is -2.31. The first-order chi connectivity index (χ1) is 10.6. The van der Waals surface area contributed by atoms with Crippen LogP contribution in [0.5, 0.6) is 5.75 Å². The number of imide groups is 1. The van der Waals surface area contributed by atoms with Crippen molar-refractivity contribution in [3.05, 3.63) is 24.0 Å². The zero-order valence-electron chi connectivity index (χ0n) is 14.1. The molecule has 0 heterocycles. The Bertz CT molecular complexity index is 570. The molecule has 0 fully saturated rings. The fourth-order valence-corrected chi connectivity index (χ4v) is 1.78.